The smallest absolute Gasteiger partial charge is 0.305 e. The van der Waals surface area contributed by atoms with Crippen LogP contribution in [0.2, 0.25) is 0 Å². The summed E-state index contributed by atoms with van der Waals surface area (Å²) in [6, 6.07) is -0.550. The average molecular weight is 903 g/mol. The molecule has 2 unspecified atom stereocenters. The lowest BCUT2D eigenvalue weighted by Crippen LogP contribution is -2.45. The van der Waals surface area contributed by atoms with Crippen LogP contribution in [0.1, 0.15) is 309 Å². The molecule has 3 N–H and O–H groups in total. The van der Waals surface area contributed by atoms with Crippen LogP contribution in [0.15, 0.2) is 24.3 Å². The van der Waals surface area contributed by atoms with Gasteiger partial charge >= 0.3 is 5.97 Å². The van der Waals surface area contributed by atoms with E-state index in [1.165, 1.54) is 218 Å². The van der Waals surface area contributed by atoms with Gasteiger partial charge in [-0.2, -0.15) is 0 Å². The molecule has 0 heterocycles. The van der Waals surface area contributed by atoms with Gasteiger partial charge in [-0.3, -0.25) is 9.59 Å². The van der Waals surface area contributed by atoms with Crippen molar-refractivity contribution in [2.45, 2.75) is 321 Å². The number of esters is 1. The van der Waals surface area contributed by atoms with Crippen molar-refractivity contribution in [1.82, 2.24) is 5.32 Å². The summed E-state index contributed by atoms with van der Waals surface area (Å²) in [6.45, 7) is 4.93. The lowest BCUT2D eigenvalue weighted by molar-refractivity contribution is -0.143. The summed E-state index contributed by atoms with van der Waals surface area (Å²) in [7, 11) is 0. The third-order valence-electron chi connectivity index (χ3n) is 13.2. The number of amides is 1. The Balaban J connectivity index is 3.45. The van der Waals surface area contributed by atoms with Gasteiger partial charge in [0, 0.05) is 12.8 Å². The Morgan fingerprint density at radius 3 is 1.11 bits per heavy atom. The summed E-state index contributed by atoms with van der Waals surface area (Å²) in [4.78, 5) is 24.5. The van der Waals surface area contributed by atoms with Crippen molar-refractivity contribution in [2.24, 2.45) is 0 Å². The van der Waals surface area contributed by atoms with Gasteiger partial charge in [0.05, 0.1) is 25.4 Å². The Bertz CT molecular complexity index is 997. The second kappa shape index (κ2) is 54.0. The summed E-state index contributed by atoms with van der Waals surface area (Å²) >= 11 is 0. The standard InChI is InChI=1S/C58H111NO5/c1-3-5-7-9-11-13-15-17-19-24-28-32-36-40-44-48-52-58(63)64-53-49-45-41-37-33-29-25-22-20-21-23-27-31-35-39-43-47-51-57(62)59-55(54-60)56(61)50-46-42-38-34-30-26-18-16-14-12-10-8-6-4-2/h19-20,22,24,55-56,60-61H,3-18,21,23,25-54H2,1-2H3,(H,59,62)/b22-20-,24-19-. The molecule has 6 heteroatoms. The van der Waals surface area contributed by atoms with E-state index in [1.54, 1.807) is 0 Å². The van der Waals surface area contributed by atoms with Gasteiger partial charge in [0.25, 0.3) is 0 Å². The largest absolute Gasteiger partial charge is 0.466 e. The van der Waals surface area contributed by atoms with Crippen LogP contribution in [0.3, 0.4) is 0 Å². The van der Waals surface area contributed by atoms with E-state index < -0.39 is 12.1 Å². The summed E-state index contributed by atoms with van der Waals surface area (Å²) in [6.07, 6.45) is 64.5. The normalized spacial score (nSPS) is 12.8. The predicted octanol–water partition coefficient (Wildman–Crippen LogP) is 17.5. The predicted molar refractivity (Wildman–Crippen MR) is 278 cm³/mol. The van der Waals surface area contributed by atoms with Crippen molar-refractivity contribution in [1.29, 1.82) is 0 Å². The van der Waals surface area contributed by atoms with Crippen LogP contribution in [0, 0.1) is 0 Å². The first-order chi connectivity index (χ1) is 31.5. The molecule has 0 aliphatic heterocycles. The van der Waals surface area contributed by atoms with Crippen molar-refractivity contribution >= 4 is 11.9 Å². The molecule has 0 aromatic rings. The van der Waals surface area contributed by atoms with E-state index in [0.717, 1.165) is 57.8 Å². The number of rotatable bonds is 53. The Morgan fingerprint density at radius 2 is 0.734 bits per heavy atom. The summed E-state index contributed by atoms with van der Waals surface area (Å²) in [5, 5.41) is 23.2. The van der Waals surface area contributed by atoms with Crippen LogP contribution in [-0.4, -0.2) is 47.4 Å². The molecule has 0 rings (SSSR count). The Labute approximate surface area is 399 Å². The van der Waals surface area contributed by atoms with Gasteiger partial charge in [-0.1, -0.05) is 244 Å². The number of carbonyl (C=O) groups excluding carboxylic acids is 2. The molecule has 0 radical (unpaired) electrons. The van der Waals surface area contributed by atoms with Crippen molar-refractivity contribution in [3.05, 3.63) is 24.3 Å². The summed E-state index contributed by atoms with van der Waals surface area (Å²) in [5.41, 5.74) is 0. The maximum Gasteiger partial charge on any atom is 0.305 e. The van der Waals surface area contributed by atoms with Crippen LogP contribution < -0.4 is 5.32 Å². The molecule has 2 atom stereocenters. The molecule has 0 saturated heterocycles. The molecule has 0 saturated carbocycles. The minimum absolute atomic E-state index is 0.00902. The highest BCUT2D eigenvalue weighted by Gasteiger charge is 2.20. The average Bonchev–Trinajstić information content (AvgIpc) is 3.29. The van der Waals surface area contributed by atoms with Crippen molar-refractivity contribution in [2.75, 3.05) is 13.2 Å². The number of carbonyl (C=O) groups is 2. The summed E-state index contributed by atoms with van der Waals surface area (Å²) < 4.78 is 5.47. The lowest BCUT2D eigenvalue weighted by atomic mass is 10.0. The Kier molecular flexibility index (Phi) is 52.6. The minimum atomic E-state index is -0.671. The molecule has 0 aromatic heterocycles. The maximum absolute atomic E-state index is 12.5. The number of hydrogen-bond donors (Lipinski definition) is 3. The van der Waals surface area contributed by atoms with E-state index in [9.17, 15) is 19.8 Å². The number of nitrogens with one attached hydrogen (secondary N) is 1. The molecule has 0 spiro atoms. The van der Waals surface area contributed by atoms with Crippen LogP contribution in [0.25, 0.3) is 0 Å². The molecule has 64 heavy (non-hydrogen) atoms. The molecular weight excluding hydrogens is 791 g/mol. The molecule has 6 nitrogen and oxygen atoms in total. The molecule has 1 amide bonds. The second-order valence-corrected chi connectivity index (χ2v) is 19.6. The monoisotopic (exact) mass is 902 g/mol. The fourth-order valence-electron chi connectivity index (χ4n) is 8.81. The molecule has 0 bridgehead atoms. The van der Waals surface area contributed by atoms with Crippen LogP contribution in [0.5, 0.6) is 0 Å². The molecule has 0 aromatic carbocycles. The van der Waals surface area contributed by atoms with E-state index in [1.807, 2.05) is 0 Å². The molecule has 0 aliphatic rings. The number of aliphatic hydroxyl groups excluding tert-OH is 2. The lowest BCUT2D eigenvalue weighted by Gasteiger charge is -2.22. The van der Waals surface area contributed by atoms with Crippen LogP contribution >= 0.6 is 0 Å². The van der Waals surface area contributed by atoms with Crippen LogP contribution in [-0.2, 0) is 14.3 Å². The van der Waals surface area contributed by atoms with Crippen LogP contribution in [0.4, 0.5) is 0 Å². The highest BCUT2D eigenvalue weighted by atomic mass is 16.5. The molecular formula is C58H111NO5. The zero-order valence-corrected chi connectivity index (χ0v) is 43.0. The highest BCUT2D eigenvalue weighted by Crippen LogP contribution is 2.16. The molecule has 378 valence electrons. The van der Waals surface area contributed by atoms with E-state index in [4.69, 9.17) is 4.74 Å². The quantitative estimate of drug-likeness (QED) is 0.0321. The van der Waals surface area contributed by atoms with Crippen molar-refractivity contribution < 1.29 is 24.5 Å². The Morgan fingerprint density at radius 1 is 0.422 bits per heavy atom. The first-order valence-corrected chi connectivity index (χ1v) is 28.6. The number of hydrogen-bond acceptors (Lipinski definition) is 5. The molecule has 0 fully saturated rings. The third kappa shape index (κ3) is 49.8. The Hall–Kier alpha value is -1.66. The zero-order valence-electron chi connectivity index (χ0n) is 43.0. The fourth-order valence-corrected chi connectivity index (χ4v) is 8.81. The number of aliphatic hydroxyl groups is 2. The van der Waals surface area contributed by atoms with Gasteiger partial charge in [0.1, 0.15) is 0 Å². The highest BCUT2D eigenvalue weighted by molar-refractivity contribution is 5.76. The van der Waals surface area contributed by atoms with E-state index in [0.29, 0.717) is 25.9 Å². The number of unbranched alkanes of at least 4 members (excludes halogenated alkanes) is 38. The van der Waals surface area contributed by atoms with Gasteiger partial charge in [-0.25, -0.2) is 0 Å². The van der Waals surface area contributed by atoms with Gasteiger partial charge in [0.2, 0.25) is 5.91 Å². The number of allylic oxidation sites excluding steroid dienone is 4. The van der Waals surface area contributed by atoms with Gasteiger partial charge < -0.3 is 20.3 Å². The fraction of sp³-hybridized carbons (Fsp3) is 0.897. The SMILES string of the molecule is CCCCCCCCC/C=C\CCCCCCCC(=O)OCCCCCCCC/C=C\CCCCCCCCCC(=O)NC(CO)C(O)CCCCCCCCCCCCCCCC. The maximum atomic E-state index is 12.5. The van der Waals surface area contributed by atoms with Gasteiger partial charge in [0.15, 0.2) is 0 Å². The first kappa shape index (κ1) is 62.3. The molecule has 0 aliphatic carbocycles. The summed E-state index contributed by atoms with van der Waals surface area (Å²) in [5.74, 6) is -0.0555. The zero-order chi connectivity index (χ0) is 46.5. The van der Waals surface area contributed by atoms with Crippen molar-refractivity contribution in [3.63, 3.8) is 0 Å². The minimum Gasteiger partial charge on any atom is -0.466 e. The second-order valence-electron chi connectivity index (χ2n) is 19.6. The first-order valence-electron chi connectivity index (χ1n) is 28.6. The van der Waals surface area contributed by atoms with E-state index >= 15 is 0 Å². The number of ether oxygens (including phenoxy) is 1. The third-order valence-corrected chi connectivity index (χ3v) is 13.2. The van der Waals surface area contributed by atoms with E-state index in [-0.39, 0.29) is 18.5 Å². The van der Waals surface area contributed by atoms with Gasteiger partial charge in [-0.15, -0.1) is 0 Å². The van der Waals surface area contributed by atoms with Crippen molar-refractivity contribution in [3.8, 4) is 0 Å². The van der Waals surface area contributed by atoms with E-state index in [2.05, 4.69) is 43.5 Å². The topological polar surface area (TPSA) is 95.9 Å². The van der Waals surface area contributed by atoms with Gasteiger partial charge in [-0.05, 0) is 77.0 Å².